The van der Waals surface area contributed by atoms with Gasteiger partial charge in [0.1, 0.15) is 0 Å². The van der Waals surface area contributed by atoms with Crippen LogP contribution in [-0.2, 0) is 9.53 Å². The zero-order valence-electron chi connectivity index (χ0n) is 18.9. The largest absolute Gasteiger partial charge is 0.466 e. The maximum absolute atomic E-state index is 12.7. The lowest BCUT2D eigenvalue weighted by Crippen LogP contribution is -2.00. The van der Waals surface area contributed by atoms with E-state index in [-0.39, 0.29) is 5.97 Å². The summed E-state index contributed by atoms with van der Waals surface area (Å²) in [5.74, 6) is -0.376. The third-order valence-corrected chi connectivity index (χ3v) is 6.00. The van der Waals surface area contributed by atoms with Gasteiger partial charge in [-0.05, 0) is 50.1 Å². The average Bonchev–Trinajstić information content (AvgIpc) is 3.25. The summed E-state index contributed by atoms with van der Waals surface area (Å²) >= 11 is 0. The zero-order chi connectivity index (χ0) is 23.3. The van der Waals surface area contributed by atoms with Crippen molar-refractivity contribution in [3.63, 3.8) is 0 Å². The van der Waals surface area contributed by atoms with Crippen molar-refractivity contribution in [2.45, 2.75) is 0 Å². The molecule has 2 nitrogen and oxygen atoms in total. The minimum absolute atomic E-state index is 0.376. The van der Waals surface area contributed by atoms with E-state index < -0.39 is 0 Å². The molecule has 0 unspecified atom stereocenters. The molecule has 0 atom stereocenters. The van der Waals surface area contributed by atoms with Gasteiger partial charge in [0.2, 0.25) is 0 Å². The van der Waals surface area contributed by atoms with Crippen molar-refractivity contribution in [3.8, 4) is 0 Å². The highest BCUT2D eigenvalue weighted by Gasteiger charge is 2.33. The molecule has 34 heavy (non-hydrogen) atoms. The van der Waals surface area contributed by atoms with E-state index in [1.54, 1.807) is 6.08 Å². The van der Waals surface area contributed by atoms with Crippen LogP contribution in [0.25, 0.3) is 22.3 Å². The quantitative estimate of drug-likeness (QED) is 0.240. The highest BCUT2D eigenvalue weighted by Crippen LogP contribution is 2.54. The molecule has 0 amide bonds. The molecule has 4 aromatic rings. The third-order valence-electron chi connectivity index (χ3n) is 6.00. The van der Waals surface area contributed by atoms with Gasteiger partial charge in [-0.25, -0.2) is 4.79 Å². The van der Waals surface area contributed by atoms with Crippen molar-refractivity contribution in [1.29, 1.82) is 0 Å². The van der Waals surface area contributed by atoms with E-state index in [9.17, 15) is 4.79 Å². The van der Waals surface area contributed by atoms with Crippen molar-refractivity contribution >= 4 is 28.3 Å². The summed E-state index contributed by atoms with van der Waals surface area (Å²) in [5.41, 5.74) is 9.42. The van der Waals surface area contributed by atoms with Crippen LogP contribution < -0.4 is 0 Å². The molecule has 0 saturated heterocycles. The summed E-state index contributed by atoms with van der Waals surface area (Å²) in [7, 11) is 1.42. The lowest BCUT2D eigenvalue weighted by atomic mass is 9.89. The molecule has 4 aromatic carbocycles. The Labute approximate surface area is 200 Å². The number of esters is 1. The molecule has 2 heteroatoms. The van der Waals surface area contributed by atoms with E-state index >= 15 is 0 Å². The number of rotatable bonds is 5. The van der Waals surface area contributed by atoms with Gasteiger partial charge in [0.05, 0.1) is 7.11 Å². The molecule has 0 bridgehead atoms. The van der Waals surface area contributed by atoms with Gasteiger partial charge in [0.25, 0.3) is 0 Å². The predicted octanol–water partition coefficient (Wildman–Crippen LogP) is 7.32. The van der Waals surface area contributed by atoms with E-state index in [0.29, 0.717) is 0 Å². The first-order valence-corrected chi connectivity index (χ1v) is 11.3. The molecule has 0 fully saturated rings. The molecule has 0 spiro atoms. The minimum Gasteiger partial charge on any atom is -0.466 e. The Hall–Kier alpha value is -4.43. The van der Waals surface area contributed by atoms with E-state index in [1.165, 1.54) is 7.11 Å². The number of allylic oxidation sites excluding steroid dienone is 5. The van der Waals surface area contributed by atoms with Gasteiger partial charge < -0.3 is 4.74 Å². The molecule has 0 N–H and O–H groups in total. The maximum Gasteiger partial charge on any atom is 0.331 e. The van der Waals surface area contributed by atoms with Crippen molar-refractivity contribution in [2.75, 3.05) is 7.11 Å². The topological polar surface area (TPSA) is 26.3 Å². The highest BCUT2D eigenvalue weighted by molar-refractivity contribution is 6.35. The van der Waals surface area contributed by atoms with E-state index in [4.69, 9.17) is 4.74 Å². The van der Waals surface area contributed by atoms with Crippen LogP contribution in [-0.4, -0.2) is 13.1 Å². The molecule has 164 valence electrons. The van der Waals surface area contributed by atoms with Gasteiger partial charge in [-0.2, -0.15) is 0 Å². The van der Waals surface area contributed by atoms with Crippen LogP contribution in [0.4, 0.5) is 0 Å². The standard InChI is InChI=1S/C32H24O2/c1-34-28(33)22-27-29(23-14-6-2-7-15-23)31(25-18-10-4-11-19-25)32(26-20-12-5-13-21-26)30(27)24-16-8-3-9-17-24/h2-22H,1H3. The van der Waals surface area contributed by atoms with Crippen LogP contribution in [0, 0.1) is 0 Å². The predicted molar refractivity (Wildman–Crippen MR) is 139 cm³/mol. The molecule has 0 radical (unpaired) electrons. The molecule has 0 saturated carbocycles. The summed E-state index contributed by atoms with van der Waals surface area (Å²) < 4.78 is 5.10. The van der Waals surface area contributed by atoms with Gasteiger partial charge in [-0.3, -0.25) is 0 Å². The second-order valence-electron chi connectivity index (χ2n) is 8.05. The molecule has 0 aliphatic heterocycles. The number of carbonyl (C=O) groups excluding carboxylic acids is 1. The second kappa shape index (κ2) is 9.60. The second-order valence-corrected chi connectivity index (χ2v) is 8.05. The smallest absolute Gasteiger partial charge is 0.331 e. The van der Waals surface area contributed by atoms with Crippen LogP contribution in [0.5, 0.6) is 0 Å². The Kier molecular flexibility index (Phi) is 6.05. The summed E-state index contributed by atoms with van der Waals surface area (Å²) in [6.45, 7) is 0. The van der Waals surface area contributed by atoms with E-state index in [2.05, 4.69) is 72.8 Å². The number of methoxy groups -OCH3 is 1. The molecular weight excluding hydrogens is 416 g/mol. The van der Waals surface area contributed by atoms with Crippen molar-refractivity contribution < 1.29 is 9.53 Å². The van der Waals surface area contributed by atoms with Crippen LogP contribution in [0.15, 0.2) is 133 Å². The van der Waals surface area contributed by atoms with Crippen molar-refractivity contribution in [2.24, 2.45) is 0 Å². The van der Waals surface area contributed by atoms with E-state index in [1.807, 2.05) is 48.5 Å². The first kappa shape index (κ1) is 21.4. The molecule has 5 rings (SSSR count). The highest BCUT2D eigenvalue weighted by atomic mass is 16.5. The summed E-state index contributed by atoms with van der Waals surface area (Å²) in [6.07, 6.45) is 1.63. The fourth-order valence-corrected chi connectivity index (χ4v) is 4.56. The monoisotopic (exact) mass is 440 g/mol. The molecule has 1 aliphatic rings. The number of hydrogen-bond donors (Lipinski definition) is 0. The van der Waals surface area contributed by atoms with Crippen LogP contribution in [0.2, 0.25) is 0 Å². The summed E-state index contributed by atoms with van der Waals surface area (Å²) in [5, 5.41) is 0. The average molecular weight is 441 g/mol. The first-order chi connectivity index (χ1) is 16.8. The molecule has 0 heterocycles. The lowest BCUT2D eigenvalue weighted by molar-refractivity contribution is -0.134. The van der Waals surface area contributed by atoms with Crippen LogP contribution >= 0.6 is 0 Å². The first-order valence-electron chi connectivity index (χ1n) is 11.3. The molecule has 0 aromatic heterocycles. The van der Waals surface area contributed by atoms with Crippen LogP contribution in [0.3, 0.4) is 0 Å². The van der Waals surface area contributed by atoms with Crippen LogP contribution in [0.1, 0.15) is 22.3 Å². The minimum atomic E-state index is -0.376. The van der Waals surface area contributed by atoms with Gasteiger partial charge in [-0.1, -0.05) is 121 Å². The Balaban J connectivity index is 1.95. The summed E-state index contributed by atoms with van der Waals surface area (Å²) in [4.78, 5) is 12.7. The molecular formula is C32H24O2. The van der Waals surface area contributed by atoms with Crippen molar-refractivity contribution in [1.82, 2.24) is 0 Å². The van der Waals surface area contributed by atoms with Gasteiger partial charge in [-0.15, -0.1) is 0 Å². The fraction of sp³-hybridized carbons (Fsp3) is 0.0312. The van der Waals surface area contributed by atoms with Crippen molar-refractivity contribution in [3.05, 3.63) is 155 Å². The summed E-state index contributed by atoms with van der Waals surface area (Å²) in [6, 6.07) is 41.3. The normalized spacial score (nSPS) is 13.3. The Morgan fingerprint density at radius 1 is 0.500 bits per heavy atom. The SMILES string of the molecule is COC(=O)C=C1C(c2ccccc2)=C(c2ccccc2)C(c2ccccc2)=C1c1ccccc1. The number of carbonyl (C=O) groups is 1. The van der Waals surface area contributed by atoms with Gasteiger partial charge in [0, 0.05) is 6.08 Å². The Bertz CT molecular complexity index is 1290. The fourth-order valence-electron chi connectivity index (χ4n) is 4.56. The zero-order valence-corrected chi connectivity index (χ0v) is 18.9. The molecule has 1 aliphatic carbocycles. The van der Waals surface area contributed by atoms with E-state index in [0.717, 1.165) is 50.1 Å². The third kappa shape index (κ3) is 4.02. The maximum atomic E-state index is 12.7. The van der Waals surface area contributed by atoms with Gasteiger partial charge in [0.15, 0.2) is 0 Å². The number of hydrogen-bond acceptors (Lipinski definition) is 2. The van der Waals surface area contributed by atoms with Gasteiger partial charge >= 0.3 is 5.97 Å². The Morgan fingerprint density at radius 3 is 1.09 bits per heavy atom. The Morgan fingerprint density at radius 2 is 0.794 bits per heavy atom. The number of benzene rings is 4. The number of ether oxygens (including phenoxy) is 1. The lowest BCUT2D eigenvalue weighted by Gasteiger charge is -2.14.